The summed E-state index contributed by atoms with van der Waals surface area (Å²) in [5.74, 6) is 0.253. The molecule has 1 aromatic heterocycles. The highest BCUT2D eigenvalue weighted by Crippen LogP contribution is 2.27. The van der Waals surface area contributed by atoms with E-state index < -0.39 is 0 Å². The van der Waals surface area contributed by atoms with E-state index in [1.165, 1.54) is 12.0 Å². The Bertz CT molecular complexity index is 469. The number of amides is 1. The van der Waals surface area contributed by atoms with Gasteiger partial charge in [-0.15, -0.1) is 0 Å². The molecule has 3 unspecified atom stereocenters. The van der Waals surface area contributed by atoms with Crippen molar-refractivity contribution in [2.75, 3.05) is 7.05 Å². The summed E-state index contributed by atoms with van der Waals surface area (Å²) in [6.45, 7) is 6.40. The summed E-state index contributed by atoms with van der Waals surface area (Å²) >= 11 is 0. The number of aromatic nitrogens is 2. The van der Waals surface area contributed by atoms with Gasteiger partial charge in [-0.25, -0.2) is 0 Å². The molecule has 0 aromatic carbocycles. The zero-order valence-electron chi connectivity index (χ0n) is 13.6. The molecule has 0 spiro atoms. The molecule has 1 aliphatic carbocycles. The number of hydrogen-bond acceptors (Lipinski definition) is 3. The van der Waals surface area contributed by atoms with Gasteiger partial charge in [0.2, 0.25) is 5.91 Å². The minimum absolute atomic E-state index is 0.0892. The maximum absolute atomic E-state index is 12.0. The van der Waals surface area contributed by atoms with Crippen molar-refractivity contribution in [1.29, 1.82) is 0 Å². The molecule has 3 atom stereocenters. The second-order valence-corrected chi connectivity index (χ2v) is 6.35. The Labute approximate surface area is 127 Å². The van der Waals surface area contributed by atoms with Crippen LogP contribution in [0.25, 0.3) is 0 Å². The van der Waals surface area contributed by atoms with Gasteiger partial charge in [0, 0.05) is 36.9 Å². The highest BCUT2D eigenvalue weighted by atomic mass is 16.1. The predicted octanol–water partition coefficient (Wildman–Crippen LogP) is 2.42. The second kappa shape index (κ2) is 7.07. The third-order valence-electron chi connectivity index (χ3n) is 4.46. The summed E-state index contributed by atoms with van der Waals surface area (Å²) in [6.07, 6.45) is 8.42. The zero-order valence-corrected chi connectivity index (χ0v) is 13.6. The lowest BCUT2D eigenvalue weighted by atomic mass is 9.83. The third kappa shape index (κ3) is 3.84. The molecule has 1 saturated carbocycles. The molecule has 0 bridgehead atoms. The van der Waals surface area contributed by atoms with Crippen LogP contribution in [-0.4, -0.2) is 28.8 Å². The van der Waals surface area contributed by atoms with Gasteiger partial charge in [0.05, 0.1) is 12.1 Å². The summed E-state index contributed by atoms with van der Waals surface area (Å²) in [4.78, 5) is 12.0. The third-order valence-corrected chi connectivity index (χ3v) is 4.46. The first-order valence-corrected chi connectivity index (χ1v) is 8.04. The molecule has 1 amide bonds. The predicted molar refractivity (Wildman–Crippen MR) is 84.0 cm³/mol. The van der Waals surface area contributed by atoms with E-state index in [0.717, 1.165) is 19.3 Å². The maximum atomic E-state index is 12.0. The van der Waals surface area contributed by atoms with Crippen molar-refractivity contribution in [3.05, 3.63) is 18.0 Å². The smallest absolute Gasteiger partial charge is 0.224 e. The molecule has 2 N–H and O–H groups in total. The van der Waals surface area contributed by atoms with Gasteiger partial charge < -0.3 is 10.6 Å². The highest BCUT2D eigenvalue weighted by molar-refractivity contribution is 5.79. The van der Waals surface area contributed by atoms with E-state index in [-0.39, 0.29) is 23.9 Å². The number of nitrogens with zero attached hydrogens (tertiary/aromatic N) is 2. The van der Waals surface area contributed by atoms with Crippen LogP contribution in [0.2, 0.25) is 0 Å². The monoisotopic (exact) mass is 292 g/mol. The number of carbonyl (C=O) groups excluding carboxylic acids is 1. The standard InChI is InChI=1S/C16H28N4O/c1-11(2)20-10-13(9-18-20)12(3)19-15-8-6-5-7-14(15)16(21)17-4/h9-12,14-15,19H,5-8H2,1-4H3,(H,17,21). The molecule has 0 saturated heterocycles. The Morgan fingerprint density at radius 1 is 1.33 bits per heavy atom. The van der Waals surface area contributed by atoms with E-state index in [2.05, 4.69) is 42.7 Å². The Morgan fingerprint density at radius 3 is 2.67 bits per heavy atom. The SMILES string of the molecule is CNC(=O)C1CCCCC1NC(C)c1cnn(C(C)C)c1. The molecule has 5 heteroatoms. The van der Waals surface area contributed by atoms with Crippen molar-refractivity contribution in [1.82, 2.24) is 20.4 Å². The Morgan fingerprint density at radius 2 is 2.05 bits per heavy atom. The van der Waals surface area contributed by atoms with Crippen LogP contribution >= 0.6 is 0 Å². The van der Waals surface area contributed by atoms with Gasteiger partial charge >= 0.3 is 0 Å². The van der Waals surface area contributed by atoms with Crippen LogP contribution in [-0.2, 0) is 4.79 Å². The fourth-order valence-electron chi connectivity index (χ4n) is 3.11. The maximum Gasteiger partial charge on any atom is 0.224 e. The van der Waals surface area contributed by atoms with Crippen LogP contribution in [0.5, 0.6) is 0 Å². The molecule has 21 heavy (non-hydrogen) atoms. The van der Waals surface area contributed by atoms with E-state index in [9.17, 15) is 4.79 Å². The first-order valence-electron chi connectivity index (χ1n) is 8.04. The summed E-state index contributed by atoms with van der Waals surface area (Å²) in [5.41, 5.74) is 1.19. The second-order valence-electron chi connectivity index (χ2n) is 6.35. The average molecular weight is 292 g/mol. The largest absolute Gasteiger partial charge is 0.359 e. The summed E-state index contributed by atoms with van der Waals surface area (Å²) in [7, 11) is 1.73. The fourth-order valence-corrected chi connectivity index (χ4v) is 3.11. The molecular weight excluding hydrogens is 264 g/mol. The molecule has 5 nitrogen and oxygen atoms in total. The van der Waals surface area contributed by atoms with Crippen LogP contribution in [0.3, 0.4) is 0 Å². The van der Waals surface area contributed by atoms with Crippen LogP contribution in [0, 0.1) is 5.92 Å². The molecule has 1 fully saturated rings. The molecule has 2 rings (SSSR count). The van der Waals surface area contributed by atoms with Crippen molar-refractivity contribution < 1.29 is 4.79 Å². The fraction of sp³-hybridized carbons (Fsp3) is 0.750. The van der Waals surface area contributed by atoms with Crippen molar-refractivity contribution >= 4 is 5.91 Å². The zero-order chi connectivity index (χ0) is 15.4. The van der Waals surface area contributed by atoms with Gasteiger partial charge in [0.25, 0.3) is 0 Å². The van der Waals surface area contributed by atoms with Crippen LogP contribution in [0.15, 0.2) is 12.4 Å². The lowest BCUT2D eigenvalue weighted by Crippen LogP contribution is -2.46. The molecule has 1 aromatic rings. The summed E-state index contributed by atoms with van der Waals surface area (Å²) in [6, 6.07) is 0.850. The Hall–Kier alpha value is -1.36. The first-order chi connectivity index (χ1) is 10.0. The molecule has 0 radical (unpaired) electrons. The van der Waals surface area contributed by atoms with Crippen molar-refractivity contribution in [3.63, 3.8) is 0 Å². The van der Waals surface area contributed by atoms with E-state index in [1.54, 1.807) is 7.05 Å². The Kier molecular flexibility index (Phi) is 5.39. The molecule has 1 heterocycles. The van der Waals surface area contributed by atoms with E-state index in [1.807, 2.05) is 10.9 Å². The van der Waals surface area contributed by atoms with Crippen LogP contribution < -0.4 is 10.6 Å². The van der Waals surface area contributed by atoms with Crippen LogP contribution in [0.4, 0.5) is 0 Å². The molecular formula is C16H28N4O. The number of hydrogen-bond donors (Lipinski definition) is 2. The van der Waals surface area contributed by atoms with Gasteiger partial charge in [-0.05, 0) is 33.6 Å². The van der Waals surface area contributed by atoms with Gasteiger partial charge in [-0.2, -0.15) is 5.10 Å². The molecule has 118 valence electrons. The van der Waals surface area contributed by atoms with Gasteiger partial charge in [0.15, 0.2) is 0 Å². The lowest BCUT2D eigenvalue weighted by Gasteiger charge is -2.33. The average Bonchev–Trinajstić information content (AvgIpc) is 2.97. The first kappa shape index (κ1) is 16.0. The minimum atomic E-state index is 0.0892. The van der Waals surface area contributed by atoms with Crippen molar-refractivity contribution in [2.24, 2.45) is 5.92 Å². The van der Waals surface area contributed by atoms with Gasteiger partial charge in [-0.3, -0.25) is 9.48 Å². The number of carbonyl (C=O) groups is 1. The van der Waals surface area contributed by atoms with Crippen molar-refractivity contribution in [3.8, 4) is 0 Å². The van der Waals surface area contributed by atoms with Gasteiger partial charge in [-0.1, -0.05) is 12.8 Å². The van der Waals surface area contributed by atoms with Gasteiger partial charge in [0.1, 0.15) is 0 Å². The summed E-state index contributed by atoms with van der Waals surface area (Å²) < 4.78 is 1.98. The normalized spacial score (nSPS) is 24.0. The minimum Gasteiger partial charge on any atom is -0.359 e. The van der Waals surface area contributed by atoms with Crippen molar-refractivity contribution in [2.45, 2.75) is 64.6 Å². The highest BCUT2D eigenvalue weighted by Gasteiger charge is 2.31. The number of nitrogens with one attached hydrogen (secondary N) is 2. The lowest BCUT2D eigenvalue weighted by molar-refractivity contribution is -0.126. The van der Waals surface area contributed by atoms with E-state index in [4.69, 9.17) is 0 Å². The topological polar surface area (TPSA) is 59.0 Å². The molecule has 1 aliphatic rings. The van der Waals surface area contributed by atoms with E-state index in [0.29, 0.717) is 6.04 Å². The molecule has 0 aliphatic heterocycles. The number of rotatable bonds is 5. The Balaban J connectivity index is 2.02. The van der Waals surface area contributed by atoms with E-state index >= 15 is 0 Å². The quantitative estimate of drug-likeness (QED) is 0.876. The van der Waals surface area contributed by atoms with Crippen LogP contribution in [0.1, 0.15) is 64.1 Å². The summed E-state index contributed by atoms with van der Waals surface area (Å²) in [5, 5.41) is 10.8.